The van der Waals surface area contributed by atoms with Crippen LogP contribution in [0.25, 0.3) is 11.1 Å². The molecule has 1 aromatic heterocycles. The van der Waals surface area contributed by atoms with Gasteiger partial charge in [-0.25, -0.2) is 4.79 Å². The van der Waals surface area contributed by atoms with E-state index in [0.717, 1.165) is 44.0 Å². The van der Waals surface area contributed by atoms with E-state index in [2.05, 4.69) is 28.5 Å². The van der Waals surface area contributed by atoms with Gasteiger partial charge in [-0.3, -0.25) is 9.53 Å². The van der Waals surface area contributed by atoms with Crippen molar-refractivity contribution in [1.29, 1.82) is 0 Å². The Morgan fingerprint density at radius 1 is 1.03 bits per heavy atom. The van der Waals surface area contributed by atoms with Crippen LogP contribution in [0, 0.1) is 6.92 Å². The molecule has 0 aliphatic heterocycles. The molecule has 0 atom stereocenters. The molecule has 4 aromatic rings. The van der Waals surface area contributed by atoms with Crippen molar-refractivity contribution in [3.8, 4) is 16.9 Å². The standard InChI is InChI=1S/C25H25N3O5.Na/c1-17-13-22(32-12-11-29)9-10-23(17)20-4-2-3-19(14-20)15-26-21-7-5-18(6-8-21)16-28-24(30)27-25(31)33-28;/h2-10,13-14,26,29H,11-12,15-16H2,1H3,(H,27,30,31);/q;+1/p-1. The normalized spacial score (nSPS) is 10.5. The quantitative estimate of drug-likeness (QED) is 0.326. The molecule has 0 saturated heterocycles. The summed E-state index contributed by atoms with van der Waals surface area (Å²) < 4.78 is 11.2. The van der Waals surface area contributed by atoms with Gasteiger partial charge in [-0.1, -0.05) is 36.4 Å². The van der Waals surface area contributed by atoms with Crippen molar-refractivity contribution in [1.82, 2.24) is 9.72 Å². The van der Waals surface area contributed by atoms with Crippen LogP contribution in [0.1, 0.15) is 16.7 Å². The number of rotatable bonds is 9. The molecule has 34 heavy (non-hydrogen) atoms. The molecule has 0 aliphatic carbocycles. The molecule has 0 unspecified atom stereocenters. The van der Waals surface area contributed by atoms with Crippen molar-refractivity contribution in [3.05, 3.63) is 104 Å². The van der Waals surface area contributed by atoms with E-state index >= 15 is 0 Å². The summed E-state index contributed by atoms with van der Waals surface area (Å²) in [5, 5.41) is 12.3. The summed E-state index contributed by atoms with van der Waals surface area (Å²) in [7, 11) is 0. The number of hydrogen-bond donors (Lipinski definition) is 2. The first-order valence-corrected chi connectivity index (χ1v) is 10.5. The molecule has 3 aromatic carbocycles. The first kappa shape index (κ1) is 25.6. The van der Waals surface area contributed by atoms with Gasteiger partial charge in [0.2, 0.25) is 0 Å². The number of nitrogens with zero attached hydrogens (tertiary/aromatic N) is 2. The molecule has 0 saturated carbocycles. The van der Waals surface area contributed by atoms with Crippen LogP contribution >= 0.6 is 0 Å². The number of aryl methyl sites for hydroxylation is 1. The van der Waals surface area contributed by atoms with Gasteiger partial charge in [-0.15, -0.1) is 0 Å². The molecule has 0 bridgehead atoms. The van der Waals surface area contributed by atoms with Crippen LogP contribution in [-0.4, -0.2) is 23.1 Å². The minimum Gasteiger partial charge on any atom is -0.491 e. The Labute approximate surface area is 218 Å². The molecular weight excluding hydrogens is 445 g/mol. The first-order chi connectivity index (χ1) is 16.0. The fourth-order valence-electron chi connectivity index (χ4n) is 3.55. The average molecular weight is 469 g/mol. The summed E-state index contributed by atoms with van der Waals surface area (Å²) in [5.74, 6) is -0.144. The van der Waals surface area contributed by atoms with Gasteiger partial charge in [0.15, 0.2) is 5.69 Å². The molecule has 8 nitrogen and oxygen atoms in total. The van der Waals surface area contributed by atoms with E-state index < -0.39 is 11.4 Å². The van der Waals surface area contributed by atoms with Gasteiger partial charge in [0.1, 0.15) is 12.4 Å². The van der Waals surface area contributed by atoms with Crippen LogP contribution in [-0.2, 0) is 13.1 Å². The zero-order valence-electron chi connectivity index (χ0n) is 19.2. The maximum Gasteiger partial charge on any atom is 1.00 e. The summed E-state index contributed by atoms with van der Waals surface area (Å²) in [6.07, 6.45) is 0. The zero-order chi connectivity index (χ0) is 23.2. The molecule has 9 heteroatoms. The number of nitrogens with one attached hydrogen (secondary N) is 1. The molecule has 0 spiro atoms. The van der Waals surface area contributed by atoms with Crippen molar-refractivity contribution in [2.24, 2.45) is 0 Å². The Morgan fingerprint density at radius 3 is 2.50 bits per heavy atom. The predicted molar refractivity (Wildman–Crippen MR) is 125 cm³/mol. The van der Waals surface area contributed by atoms with Crippen molar-refractivity contribution in [2.75, 3.05) is 18.5 Å². The number of hydrogen-bond acceptors (Lipinski definition) is 6. The van der Waals surface area contributed by atoms with Crippen LogP contribution in [0.5, 0.6) is 5.75 Å². The summed E-state index contributed by atoms with van der Waals surface area (Å²) in [5.41, 5.74) is 5.54. The van der Waals surface area contributed by atoms with E-state index in [-0.39, 0.29) is 49.3 Å². The van der Waals surface area contributed by atoms with E-state index in [1.54, 1.807) is 0 Å². The second-order valence-electron chi connectivity index (χ2n) is 7.59. The van der Waals surface area contributed by atoms with E-state index in [1.807, 2.05) is 55.5 Å². The Balaban J connectivity index is 0.00000324. The summed E-state index contributed by atoms with van der Waals surface area (Å²) in [4.78, 5) is 25.7. The molecular formula is C25H24N3NaO5. The Bertz CT molecular complexity index is 1340. The summed E-state index contributed by atoms with van der Waals surface area (Å²) in [6, 6.07) is 21.8. The first-order valence-electron chi connectivity index (χ1n) is 10.5. The maximum absolute atomic E-state index is 11.5. The second kappa shape index (κ2) is 11.9. The predicted octanol–water partition coefficient (Wildman–Crippen LogP) is -0.230. The largest absolute Gasteiger partial charge is 1.00 e. The van der Waals surface area contributed by atoms with Crippen LogP contribution in [0.15, 0.2) is 80.8 Å². The number of aliphatic hydroxyl groups is 1. The summed E-state index contributed by atoms with van der Waals surface area (Å²) in [6.45, 7) is 3.10. The SMILES string of the molecule is Cc1cc(OCCO)ccc1-c1cccc(CNc2ccc(Cn3oc(=O)[n-]c3=O)cc2)c1.[Na+]. The van der Waals surface area contributed by atoms with Crippen molar-refractivity contribution >= 4 is 5.69 Å². The van der Waals surface area contributed by atoms with E-state index in [4.69, 9.17) is 14.4 Å². The molecule has 0 radical (unpaired) electrons. The van der Waals surface area contributed by atoms with Crippen LogP contribution in [0.3, 0.4) is 0 Å². The zero-order valence-corrected chi connectivity index (χ0v) is 21.2. The average Bonchev–Trinajstić information content (AvgIpc) is 3.13. The van der Waals surface area contributed by atoms with Crippen molar-refractivity contribution in [2.45, 2.75) is 20.0 Å². The van der Waals surface area contributed by atoms with Crippen LogP contribution in [0.4, 0.5) is 5.69 Å². The van der Waals surface area contributed by atoms with Gasteiger partial charge in [0.05, 0.1) is 6.61 Å². The van der Waals surface area contributed by atoms with Crippen molar-refractivity contribution in [3.63, 3.8) is 0 Å². The number of anilines is 1. The van der Waals surface area contributed by atoms with Gasteiger partial charge in [-0.2, -0.15) is 0 Å². The monoisotopic (exact) mass is 469 g/mol. The van der Waals surface area contributed by atoms with Gasteiger partial charge < -0.3 is 24.7 Å². The number of benzene rings is 3. The maximum atomic E-state index is 11.5. The second-order valence-corrected chi connectivity index (χ2v) is 7.59. The number of ether oxygens (including phenoxy) is 1. The molecule has 0 fully saturated rings. The number of aliphatic hydroxyl groups excluding tert-OH is 1. The van der Waals surface area contributed by atoms with Crippen LogP contribution in [0.2, 0.25) is 0 Å². The molecule has 0 amide bonds. The van der Waals surface area contributed by atoms with Gasteiger partial charge in [0.25, 0.3) is 0 Å². The van der Waals surface area contributed by atoms with Crippen LogP contribution < -0.4 is 56.0 Å². The molecule has 4 rings (SSSR count). The van der Waals surface area contributed by atoms with Crippen molar-refractivity contribution < 1.29 is 43.9 Å². The van der Waals surface area contributed by atoms with E-state index in [1.165, 1.54) is 0 Å². The topological polar surface area (TPSA) is 108 Å². The number of aromatic nitrogens is 2. The molecule has 2 N–H and O–H groups in total. The third kappa shape index (κ3) is 6.51. The molecule has 0 aliphatic rings. The summed E-state index contributed by atoms with van der Waals surface area (Å²) >= 11 is 0. The minimum absolute atomic E-state index is 0. The van der Waals surface area contributed by atoms with E-state index in [0.29, 0.717) is 6.54 Å². The Kier molecular flexibility index (Phi) is 8.95. The Morgan fingerprint density at radius 2 is 1.82 bits per heavy atom. The third-order valence-corrected chi connectivity index (χ3v) is 5.16. The third-order valence-electron chi connectivity index (χ3n) is 5.16. The van der Waals surface area contributed by atoms with Gasteiger partial charge in [0, 0.05) is 18.8 Å². The molecule has 1 heterocycles. The van der Waals surface area contributed by atoms with Gasteiger partial charge >= 0.3 is 35.3 Å². The minimum atomic E-state index is -0.887. The fraction of sp³-hybridized carbons (Fsp3) is 0.200. The molecule has 170 valence electrons. The van der Waals surface area contributed by atoms with E-state index in [9.17, 15) is 9.59 Å². The van der Waals surface area contributed by atoms with Gasteiger partial charge in [-0.05, 0) is 65.1 Å². The smallest absolute Gasteiger partial charge is 0.491 e. The Hall–Kier alpha value is -3.04. The fourth-order valence-corrected chi connectivity index (χ4v) is 3.55.